The minimum Gasteiger partial charge on any atom is -0.370 e. The molecule has 0 saturated carbocycles. The zero-order valence-corrected chi connectivity index (χ0v) is 33.7. The number of aromatic nitrogens is 4. The maximum atomic E-state index is 15.2. The predicted octanol–water partition coefficient (Wildman–Crippen LogP) is 6.72. The Kier molecular flexibility index (Phi) is 10.3. The van der Waals surface area contributed by atoms with Crippen molar-refractivity contribution in [2.45, 2.75) is 70.9 Å². The van der Waals surface area contributed by atoms with E-state index < -0.39 is 11.9 Å². The van der Waals surface area contributed by atoms with Crippen molar-refractivity contribution in [1.29, 1.82) is 0 Å². The predicted molar refractivity (Wildman–Crippen MR) is 229 cm³/mol. The van der Waals surface area contributed by atoms with Crippen LogP contribution in [-0.4, -0.2) is 61.9 Å². The van der Waals surface area contributed by atoms with Gasteiger partial charge in [-0.25, -0.2) is 14.2 Å². The third kappa shape index (κ3) is 7.03. The van der Waals surface area contributed by atoms with Crippen molar-refractivity contribution in [3.8, 4) is 11.3 Å². The molecule has 3 aliphatic rings. The number of halogens is 1. The van der Waals surface area contributed by atoms with E-state index in [1.165, 1.54) is 10.6 Å². The highest BCUT2D eigenvalue weighted by atomic mass is 19.1. The lowest BCUT2D eigenvalue weighted by Gasteiger charge is -2.34. The molecule has 0 aliphatic carbocycles. The number of pyridine rings is 1. The quantitative estimate of drug-likeness (QED) is 0.146. The molecule has 0 spiro atoms. The van der Waals surface area contributed by atoms with E-state index in [1.54, 1.807) is 29.9 Å². The Hall–Kier alpha value is -6.57. The van der Waals surface area contributed by atoms with Crippen molar-refractivity contribution < 1.29 is 23.6 Å². The Labute approximate surface area is 345 Å². The van der Waals surface area contributed by atoms with Gasteiger partial charge in [0, 0.05) is 74.7 Å². The van der Waals surface area contributed by atoms with Gasteiger partial charge in [0.25, 0.3) is 5.91 Å². The first-order valence-corrected chi connectivity index (χ1v) is 20.9. The number of para-hydroxylation sites is 1. The average Bonchev–Trinajstić information content (AvgIpc) is 3.94. The molecule has 3 aromatic heterocycles. The normalized spacial score (nSPS) is 17.6. The Balaban J connectivity index is 0.865. The van der Waals surface area contributed by atoms with Crippen molar-refractivity contribution in [2.75, 3.05) is 34.8 Å². The molecule has 60 heavy (non-hydrogen) atoms. The van der Waals surface area contributed by atoms with Crippen LogP contribution in [-0.2, 0) is 34.4 Å². The summed E-state index contributed by atoms with van der Waals surface area (Å²) < 4.78 is 20.4. The van der Waals surface area contributed by atoms with Gasteiger partial charge in [-0.1, -0.05) is 18.2 Å². The number of carbonyl (C=O) groups is 4. The molecule has 3 fully saturated rings. The Morgan fingerprint density at radius 3 is 2.45 bits per heavy atom. The summed E-state index contributed by atoms with van der Waals surface area (Å²) in [4.78, 5) is 72.7. The van der Waals surface area contributed by atoms with Gasteiger partial charge < -0.3 is 19.7 Å². The highest BCUT2D eigenvalue weighted by Gasteiger charge is 2.33. The SMILES string of the molecule is CCn1c(-c2ccc(N3CCCC3=O)cc2)cc2ccnc(C(=O)Nc3ccc(F)c(CCC4CCN(c5cccc6c5n(C)c(=O)n6C5CCC(=O)NC5=O)CC4)c3)c21. The first kappa shape index (κ1) is 38.9. The van der Waals surface area contributed by atoms with E-state index in [2.05, 4.69) is 31.2 Å². The fraction of sp³-hybridized carbons (Fsp3) is 0.348. The van der Waals surface area contributed by atoms with Gasteiger partial charge in [0.15, 0.2) is 5.69 Å². The number of nitrogens with zero attached hydrogens (tertiary/aromatic N) is 6. The third-order valence-corrected chi connectivity index (χ3v) is 12.6. The van der Waals surface area contributed by atoms with E-state index in [0.29, 0.717) is 47.6 Å². The molecular formula is C46H47FN8O5. The Morgan fingerprint density at radius 1 is 0.917 bits per heavy atom. The smallest absolute Gasteiger partial charge is 0.329 e. The molecule has 1 atom stereocenters. The number of fused-ring (bicyclic) bond motifs is 2. The maximum Gasteiger partial charge on any atom is 0.329 e. The van der Waals surface area contributed by atoms with Crippen molar-refractivity contribution in [3.63, 3.8) is 0 Å². The van der Waals surface area contributed by atoms with Gasteiger partial charge in [0.1, 0.15) is 11.9 Å². The fourth-order valence-corrected chi connectivity index (χ4v) is 9.44. The lowest BCUT2D eigenvalue weighted by Crippen LogP contribution is -2.44. The highest BCUT2D eigenvalue weighted by Crippen LogP contribution is 2.35. The largest absolute Gasteiger partial charge is 0.370 e. The van der Waals surface area contributed by atoms with Gasteiger partial charge in [-0.3, -0.25) is 33.6 Å². The van der Waals surface area contributed by atoms with E-state index in [0.717, 1.165) is 78.9 Å². The van der Waals surface area contributed by atoms with Crippen LogP contribution < -0.4 is 26.1 Å². The molecule has 3 saturated heterocycles. The molecule has 3 aliphatic heterocycles. The summed E-state index contributed by atoms with van der Waals surface area (Å²) in [6.45, 7) is 4.86. The molecule has 13 nitrogen and oxygen atoms in total. The van der Waals surface area contributed by atoms with Crippen molar-refractivity contribution >= 4 is 62.6 Å². The molecule has 0 radical (unpaired) electrons. The number of hydrogen-bond acceptors (Lipinski definition) is 7. The molecule has 3 aromatic carbocycles. The highest BCUT2D eigenvalue weighted by molar-refractivity contribution is 6.11. The van der Waals surface area contributed by atoms with Crippen LogP contribution >= 0.6 is 0 Å². The molecule has 9 rings (SSSR count). The minimum atomic E-state index is -0.746. The van der Waals surface area contributed by atoms with Gasteiger partial charge in [-0.15, -0.1) is 0 Å². The van der Waals surface area contributed by atoms with Gasteiger partial charge in [0.2, 0.25) is 17.7 Å². The van der Waals surface area contributed by atoms with Crippen LogP contribution in [0, 0.1) is 11.7 Å². The first-order chi connectivity index (χ1) is 29.1. The average molecular weight is 811 g/mol. The minimum absolute atomic E-state index is 0.141. The molecule has 6 aromatic rings. The lowest BCUT2D eigenvalue weighted by atomic mass is 9.90. The number of hydrogen-bond donors (Lipinski definition) is 2. The topological polar surface area (TPSA) is 144 Å². The Morgan fingerprint density at radius 2 is 1.72 bits per heavy atom. The molecule has 2 N–H and O–H groups in total. The van der Waals surface area contributed by atoms with Crippen molar-refractivity contribution in [1.82, 2.24) is 24.0 Å². The van der Waals surface area contributed by atoms with Gasteiger partial charge in [-0.05, 0) is 117 Å². The summed E-state index contributed by atoms with van der Waals surface area (Å²) in [7, 11) is 1.71. The number of piperidine rings is 2. The second-order valence-electron chi connectivity index (χ2n) is 16.1. The van der Waals surface area contributed by atoms with Crippen molar-refractivity contribution in [3.05, 3.63) is 107 Å². The van der Waals surface area contributed by atoms with E-state index in [1.807, 2.05) is 60.4 Å². The van der Waals surface area contributed by atoms with Gasteiger partial charge in [-0.2, -0.15) is 0 Å². The van der Waals surface area contributed by atoms with Crippen molar-refractivity contribution in [2.24, 2.45) is 13.0 Å². The fourth-order valence-electron chi connectivity index (χ4n) is 9.44. The van der Waals surface area contributed by atoms with E-state index >= 15 is 4.39 Å². The summed E-state index contributed by atoms with van der Waals surface area (Å²) in [5, 5.41) is 6.23. The molecule has 4 amide bonds. The summed E-state index contributed by atoms with van der Waals surface area (Å²) in [6, 6.07) is 21.6. The molecule has 1 unspecified atom stereocenters. The third-order valence-electron chi connectivity index (χ3n) is 12.6. The van der Waals surface area contributed by atoms with E-state index in [-0.39, 0.29) is 47.8 Å². The number of nitrogens with one attached hydrogen (secondary N) is 2. The molecular weight excluding hydrogens is 764 g/mol. The molecule has 14 heteroatoms. The number of rotatable bonds is 10. The summed E-state index contributed by atoms with van der Waals surface area (Å²) in [5.74, 6) is -0.989. The van der Waals surface area contributed by atoms with Gasteiger partial charge in [0.05, 0.1) is 22.2 Å². The number of carbonyl (C=O) groups excluding carboxylic acids is 4. The number of aryl methyl sites for hydroxylation is 3. The van der Waals surface area contributed by atoms with E-state index in [4.69, 9.17) is 0 Å². The summed E-state index contributed by atoms with van der Waals surface area (Å²) in [5.41, 5.74) is 6.85. The van der Waals surface area contributed by atoms with Crippen LogP contribution in [0.1, 0.15) is 74.0 Å². The Bertz CT molecular complexity index is 2740. The van der Waals surface area contributed by atoms with E-state index in [9.17, 15) is 24.0 Å². The van der Waals surface area contributed by atoms with Crippen LogP contribution in [0.15, 0.2) is 83.8 Å². The van der Waals surface area contributed by atoms with Crippen LogP contribution in [0.25, 0.3) is 33.2 Å². The second kappa shape index (κ2) is 15.9. The van der Waals surface area contributed by atoms with Gasteiger partial charge >= 0.3 is 5.69 Å². The molecule has 6 heterocycles. The molecule has 0 bridgehead atoms. The lowest BCUT2D eigenvalue weighted by molar-refractivity contribution is -0.135. The monoisotopic (exact) mass is 810 g/mol. The first-order valence-electron chi connectivity index (χ1n) is 20.9. The maximum absolute atomic E-state index is 15.2. The number of benzene rings is 3. The van der Waals surface area contributed by atoms with Crippen LogP contribution in [0.2, 0.25) is 0 Å². The zero-order chi connectivity index (χ0) is 41.7. The van der Waals surface area contributed by atoms with Crippen LogP contribution in [0.4, 0.5) is 21.5 Å². The summed E-state index contributed by atoms with van der Waals surface area (Å²) >= 11 is 0. The van der Waals surface area contributed by atoms with Crippen LogP contribution in [0.5, 0.6) is 0 Å². The second-order valence-corrected chi connectivity index (χ2v) is 16.1. The molecule has 308 valence electrons. The standard InChI is InChI=1S/C46H47FN8O5/c1-3-53-38(29-11-14-33(15-12-29)54-23-5-8-40(54)57)27-31-19-22-48-41(42(31)53)45(59)49-32-13-16-34(47)30(26-32)10-9-28-20-24-52(25-21-28)35-6-4-7-36-43(35)51(2)46(60)55(36)37-17-18-39(56)50-44(37)58/h4,6-7,11-16,19,22,26-28,37H,3,5,8-10,17-18,20-21,23-25H2,1-2H3,(H,49,59)(H,50,56,58). The summed E-state index contributed by atoms with van der Waals surface area (Å²) in [6.07, 6.45) is 6.58. The number of imidazole rings is 1. The number of imide groups is 1. The zero-order valence-electron chi connectivity index (χ0n) is 33.7. The number of anilines is 3. The number of amides is 4. The van der Waals surface area contributed by atoms with Crippen LogP contribution in [0.3, 0.4) is 0 Å².